The summed E-state index contributed by atoms with van der Waals surface area (Å²) in [5.41, 5.74) is 3.56. The Morgan fingerprint density at radius 1 is 0.920 bits per heavy atom. The van der Waals surface area contributed by atoms with Crippen molar-refractivity contribution >= 4 is 10.1 Å². The first-order valence-corrected chi connectivity index (χ1v) is 10.7. The summed E-state index contributed by atoms with van der Waals surface area (Å²) in [6.07, 6.45) is 6.78. The van der Waals surface area contributed by atoms with Gasteiger partial charge in [0.15, 0.2) is 0 Å². The summed E-state index contributed by atoms with van der Waals surface area (Å²) in [4.78, 5) is 0. The highest BCUT2D eigenvalue weighted by Gasteiger charge is 2.19. The van der Waals surface area contributed by atoms with Crippen LogP contribution in [0, 0.1) is 0 Å². The fraction of sp³-hybridized carbons (Fsp3) is 0.429. The monoisotopic (exact) mass is 358 g/mol. The zero-order valence-electron chi connectivity index (χ0n) is 14.6. The molecule has 1 fully saturated rings. The summed E-state index contributed by atoms with van der Waals surface area (Å²) in [7, 11) is -3.51. The Labute approximate surface area is 151 Å². The molecule has 0 N–H and O–H groups in total. The van der Waals surface area contributed by atoms with Crippen LogP contribution in [0.5, 0.6) is 0 Å². The number of aryl methyl sites for hydroxylation is 1. The van der Waals surface area contributed by atoms with E-state index in [2.05, 4.69) is 24.3 Å². The van der Waals surface area contributed by atoms with Gasteiger partial charge in [-0.25, -0.2) is 0 Å². The Hall–Kier alpha value is -1.65. The molecule has 3 nitrogen and oxygen atoms in total. The predicted molar refractivity (Wildman–Crippen MR) is 101 cm³/mol. The van der Waals surface area contributed by atoms with Gasteiger partial charge in [0.2, 0.25) is 0 Å². The Morgan fingerprint density at radius 3 is 2.36 bits per heavy atom. The summed E-state index contributed by atoms with van der Waals surface area (Å²) in [5, 5.41) is 0. The predicted octanol–water partition coefficient (Wildman–Crippen LogP) is 4.82. The van der Waals surface area contributed by atoms with Gasteiger partial charge in [-0.05, 0) is 48.3 Å². The smallest absolute Gasteiger partial charge is 0.270 e. The number of hydrogen-bond acceptors (Lipinski definition) is 3. The van der Waals surface area contributed by atoms with E-state index in [0.717, 1.165) is 18.4 Å². The van der Waals surface area contributed by atoms with Crippen LogP contribution in [0.3, 0.4) is 0 Å². The second-order valence-electron chi connectivity index (χ2n) is 6.79. The molecule has 0 atom stereocenters. The minimum Gasteiger partial charge on any atom is -0.270 e. The van der Waals surface area contributed by atoms with Crippen molar-refractivity contribution in [1.82, 2.24) is 0 Å². The van der Waals surface area contributed by atoms with Gasteiger partial charge in [-0.2, -0.15) is 8.42 Å². The molecule has 0 saturated heterocycles. The normalized spacial score (nSPS) is 15.5. The lowest BCUT2D eigenvalue weighted by Crippen LogP contribution is -2.10. The zero-order chi connectivity index (χ0) is 17.5. The molecular weight excluding hydrogens is 332 g/mol. The topological polar surface area (TPSA) is 43.4 Å². The third-order valence-corrected chi connectivity index (χ3v) is 6.10. The molecule has 25 heavy (non-hydrogen) atoms. The number of hydrogen-bond donors (Lipinski definition) is 0. The molecule has 4 heteroatoms. The molecule has 1 saturated carbocycles. The summed E-state index contributed by atoms with van der Waals surface area (Å²) in [5.74, 6) is 0.617. The van der Waals surface area contributed by atoms with Crippen molar-refractivity contribution in [2.45, 2.75) is 50.2 Å². The molecule has 0 aliphatic heterocycles. The van der Waals surface area contributed by atoms with Gasteiger partial charge in [0, 0.05) is 0 Å². The first-order chi connectivity index (χ1) is 12.1. The molecule has 1 aliphatic carbocycles. The van der Waals surface area contributed by atoms with Gasteiger partial charge in [-0.3, -0.25) is 4.18 Å². The molecule has 2 aromatic rings. The average Bonchev–Trinajstić information content (AvgIpc) is 3.14. The van der Waals surface area contributed by atoms with Crippen LogP contribution in [-0.2, 0) is 26.5 Å². The molecule has 0 aromatic heterocycles. The van der Waals surface area contributed by atoms with Crippen LogP contribution in [0.4, 0.5) is 0 Å². The van der Waals surface area contributed by atoms with Gasteiger partial charge in [-0.15, -0.1) is 0 Å². The highest BCUT2D eigenvalue weighted by molar-refractivity contribution is 7.85. The second-order valence-corrected chi connectivity index (χ2v) is 8.43. The minimum atomic E-state index is -3.51. The molecule has 134 valence electrons. The van der Waals surface area contributed by atoms with Gasteiger partial charge in [0.25, 0.3) is 10.1 Å². The molecular formula is C21H26O3S. The maximum Gasteiger partial charge on any atom is 0.271 e. The number of rotatable bonds is 8. The van der Waals surface area contributed by atoms with Gasteiger partial charge < -0.3 is 0 Å². The van der Waals surface area contributed by atoms with Crippen molar-refractivity contribution in [3.8, 4) is 0 Å². The van der Waals surface area contributed by atoms with Crippen LogP contribution in [-0.4, -0.2) is 15.0 Å². The van der Waals surface area contributed by atoms with Crippen molar-refractivity contribution in [3.05, 3.63) is 71.3 Å². The van der Waals surface area contributed by atoms with Gasteiger partial charge in [-0.1, -0.05) is 67.4 Å². The van der Waals surface area contributed by atoms with Crippen LogP contribution in [0.25, 0.3) is 0 Å². The zero-order valence-corrected chi connectivity index (χ0v) is 15.4. The van der Waals surface area contributed by atoms with Gasteiger partial charge in [0.05, 0.1) is 6.61 Å². The lowest BCUT2D eigenvalue weighted by atomic mass is 9.91. The van der Waals surface area contributed by atoms with E-state index in [-0.39, 0.29) is 12.4 Å². The standard InChI is InChI=1S/C21H26O3S/c22-25(23,17-18-9-2-1-3-10-18)24-16-8-14-20-13-6-7-15-21(20)19-11-4-5-12-19/h1-3,6-7,9-10,13,15,19H,4-5,8,11-12,14,16-17H2. The average molecular weight is 359 g/mol. The minimum absolute atomic E-state index is 0.0630. The van der Waals surface area contributed by atoms with E-state index in [1.54, 1.807) is 12.1 Å². The summed E-state index contributed by atoms with van der Waals surface area (Å²) in [6, 6.07) is 17.7. The van der Waals surface area contributed by atoms with Crippen LogP contribution < -0.4 is 0 Å². The molecule has 0 heterocycles. The van der Waals surface area contributed by atoms with Crippen molar-refractivity contribution in [3.63, 3.8) is 0 Å². The molecule has 0 radical (unpaired) electrons. The molecule has 3 rings (SSSR count). The van der Waals surface area contributed by atoms with Gasteiger partial charge in [0.1, 0.15) is 5.75 Å². The van der Waals surface area contributed by atoms with E-state index in [1.165, 1.54) is 36.8 Å². The highest BCUT2D eigenvalue weighted by Crippen LogP contribution is 2.36. The third kappa shape index (κ3) is 5.41. The summed E-state index contributed by atoms with van der Waals surface area (Å²) < 4.78 is 29.3. The summed E-state index contributed by atoms with van der Waals surface area (Å²) >= 11 is 0. The van der Waals surface area contributed by atoms with E-state index in [9.17, 15) is 8.42 Å². The third-order valence-electron chi connectivity index (χ3n) is 4.89. The maximum atomic E-state index is 12.1. The lowest BCUT2D eigenvalue weighted by Gasteiger charge is -2.15. The Morgan fingerprint density at radius 2 is 1.60 bits per heavy atom. The Bertz CT molecular complexity index is 763. The van der Waals surface area contributed by atoms with E-state index < -0.39 is 10.1 Å². The van der Waals surface area contributed by atoms with E-state index in [0.29, 0.717) is 5.92 Å². The number of benzene rings is 2. The van der Waals surface area contributed by atoms with Crippen LogP contribution in [0.2, 0.25) is 0 Å². The lowest BCUT2D eigenvalue weighted by molar-refractivity contribution is 0.311. The van der Waals surface area contributed by atoms with E-state index >= 15 is 0 Å². The van der Waals surface area contributed by atoms with Crippen molar-refractivity contribution in [2.75, 3.05) is 6.61 Å². The van der Waals surface area contributed by atoms with Crippen molar-refractivity contribution < 1.29 is 12.6 Å². The maximum absolute atomic E-state index is 12.1. The quantitative estimate of drug-likeness (QED) is 0.502. The molecule has 1 aliphatic rings. The van der Waals surface area contributed by atoms with Gasteiger partial charge >= 0.3 is 0 Å². The first-order valence-electron chi connectivity index (χ1n) is 9.13. The molecule has 0 amide bonds. The SMILES string of the molecule is O=S(=O)(Cc1ccccc1)OCCCc1ccccc1C1CCCC1. The molecule has 2 aromatic carbocycles. The fourth-order valence-electron chi connectivity index (χ4n) is 3.67. The van der Waals surface area contributed by atoms with Crippen LogP contribution >= 0.6 is 0 Å². The van der Waals surface area contributed by atoms with E-state index in [4.69, 9.17) is 4.18 Å². The molecule has 0 bridgehead atoms. The van der Waals surface area contributed by atoms with Crippen molar-refractivity contribution in [2.24, 2.45) is 0 Å². The first kappa shape index (κ1) is 18.2. The molecule has 0 spiro atoms. The Balaban J connectivity index is 1.50. The Kier molecular flexibility index (Phi) is 6.27. The van der Waals surface area contributed by atoms with Crippen LogP contribution in [0.15, 0.2) is 54.6 Å². The largest absolute Gasteiger partial charge is 0.271 e. The van der Waals surface area contributed by atoms with E-state index in [1.807, 2.05) is 18.2 Å². The van der Waals surface area contributed by atoms with Crippen molar-refractivity contribution in [1.29, 1.82) is 0 Å². The molecule has 0 unspecified atom stereocenters. The highest BCUT2D eigenvalue weighted by atomic mass is 32.2. The fourth-order valence-corrected chi connectivity index (χ4v) is 4.72. The second kappa shape index (κ2) is 8.63. The van der Waals surface area contributed by atoms with Crippen LogP contribution in [0.1, 0.15) is 54.7 Å². The summed E-state index contributed by atoms with van der Waals surface area (Å²) in [6.45, 7) is 0.244.